The SMILES string of the molecule is C[C@@H]1CN(C(=O)COC(=O)c2ccc3[nH]c4c(c3c2)CCCC4)C[C@H](C)O1. The van der Waals surface area contributed by atoms with E-state index in [1.807, 2.05) is 26.0 Å². The molecule has 1 aliphatic heterocycles. The highest BCUT2D eigenvalue weighted by Crippen LogP contribution is 2.29. The van der Waals surface area contributed by atoms with Crippen molar-refractivity contribution in [2.75, 3.05) is 19.7 Å². The van der Waals surface area contributed by atoms with Crippen LogP contribution in [-0.2, 0) is 27.1 Å². The summed E-state index contributed by atoms with van der Waals surface area (Å²) in [5, 5.41) is 1.10. The number of aryl methyl sites for hydroxylation is 2. The van der Waals surface area contributed by atoms with Gasteiger partial charge in [0, 0.05) is 29.7 Å². The standard InChI is InChI=1S/C21H26N2O4/c1-13-10-23(11-14(2)27-13)20(24)12-26-21(25)15-7-8-19-17(9-15)16-5-3-4-6-18(16)22-19/h7-9,13-14,22H,3-6,10-12H2,1-2H3/t13-,14+. The zero-order chi connectivity index (χ0) is 19.0. The van der Waals surface area contributed by atoms with Crippen LogP contribution in [0.25, 0.3) is 10.9 Å². The van der Waals surface area contributed by atoms with Crippen LogP contribution >= 0.6 is 0 Å². The topological polar surface area (TPSA) is 71.6 Å². The van der Waals surface area contributed by atoms with E-state index in [4.69, 9.17) is 9.47 Å². The number of fused-ring (bicyclic) bond motifs is 3. The number of carbonyl (C=O) groups is 2. The average Bonchev–Trinajstić information content (AvgIpc) is 3.03. The molecule has 6 nitrogen and oxygen atoms in total. The van der Waals surface area contributed by atoms with E-state index in [1.165, 1.54) is 24.1 Å². The summed E-state index contributed by atoms with van der Waals surface area (Å²) in [6.07, 6.45) is 4.48. The number of aromatic nitrogens is 1. The van der Waals surface area contributed by atoms with Gasteiger partial charge in [0.2, 0.25) is 0 Å². The normalized spacial score (nSPS) is 22.5. The van der Waals surface area contributed by atoms with Crippen LogP contribution in [0.4, 0.5) is 0 Å². The third-order valence-corrected chi connectivity index (χ3v) is 5.43. The van der Waals surface area contributed by atoms with Crippen molar-refractivity contribution < 1.29 is 19.1 Å². The van der Waals surface area contributed by atoms with Crippen LogP contribution in [0.15, 0.2) is 18.2 Å². The minimum atomic E-state index is -0.453. The van der Waals surface area contributed by atoms with Crippen molar-refractivity contribution >= 4 is 22.8 Å². The van der Waals surface area contributed by atoms with Gasteiger partial charge in [-0.1, -0.05) is 0 Å². The lowest BCUT2D eigenvalue weighted by Gasteiger charge is -2.35. The van der Waals surface area contributed by atoms with Gasteiger partial charge in [-0.05, 0) is 63.3 Å². The van der Waals surface area contributed by atoms with E-state index in [0.717, 1.165) is 23.7 Å². The first-order chi connectivity index (χ1) is 13.0. The first-order valence-corrected chi connectivity index (χ1v) is 9.75. The maximum atomic E-state index is 12.5. The second kappa shape index (κ2) is 7.35. The summed E-state index contributed by atoms with van der Waals surface area (Å²) >= 11 is 0. The number of nitrogens with zero attached hydrogens (tertiary/aromatic N) is 1. The summed E-state index contributed by atoms with van der Waals surface area (Å²) in [5.41, 5.74) is 4.16. The second-order valence-corrected chi connectivity index (χ2v) is 7.68. The summed E-state index contributed by atoms with van der Waals surface area (Å²) < 4.78 is 10.9. The maximum absolute atomic E-state index is 12.5. The molecule has 1 N–H and O–H groups in total. The summed E-state index contributed by atoms with van der Waals surface area (Å²) in [7, 11) is 0. The number of benzene rings is 1. The number of morpholine rings is 1. The summed E-state index contributed by atoms with van der Waals surface area (Å²) in [4.78, 5) is 30.0. The molecule has 1 saturated heterocycles. The van der Waals surface area contributed by atoms with Crippen LogP contribution in [0.1, 0.15) is 48.3 Å². The molecule has 1 aromatic heterocycles. The number of ether oxygens (including phenoxy) is 2. The Kier molecular flexibility index (Phi) is 4.91. The molecule has 1 amide bonds. The van der Waals surface area contributed by atoms with Gasteiger partial charge in [0.1, 0.15) is 0 Å². The number of H-pyrrole nitrogens is 1. The largest absolute Gasteiger partial charge is 0.452 e. The summed E-state index contributed by atoms with van der Waals surface area (Å²) in [6.45, 7) is 4.70. The predicted molar refractivity (Wildman–Crippen MR) is 102 cm³/mol. The van der Waals surface area contributed by atoms with Crippen molar-refractivity contribution in [1.82, 2.24) is 9.88 Å². The van der Waals surface area contributed by atoms with E-state index >= 15 is 0 Å². The lowest BCUT2D eigenvalue weighted by Crippen LogP contribution is -2.49. The Balaban J connectivity index is 1.43. The third-order valence-electron chi connectivity index (χ3n) is 5.43. The minimum Gasteiger partial charge on any atom is -0.452 e. The van der Waals surface area contributed by atoms with Crippen LogP contribution in [0.3, 0.4) is 0 Å². The Morgan fingerprint density at radius 3 is 2.70 bits per heavy atom. The smallest absolute Gasteiger partial charge is 0.338 e. The van der Waals surface area contributed by atoms with Crippen LogP contribution in [0.2, 0.25) is 0 Å². The van der Waals surface area contributed by atoms with Crippen LogP contribution in [0.5, 0.6) is 0 Å². The molecule has 0 spiro atoms. The highest BCUT2D eigenvalue weighted by Gasteiger charge is 2.26. The van der Waals surface area contributed by atoms with Gasteiger partial charge < -0.3 is 19.4 Å². The highest BCUT2D eigenvalue weighted by molar-refractivity contribution is 5.97. The van der Waals surface area contributed by atoms with Crippen LogP contribution < -0.4 is 0 Å². The first-order valence-electron chi connectivity index (χ1n) is 9.75. The molecule has 0 saturated carbocycles. The number of hydrogen-bond acceptors (Lipinski definition) is 4. The summed E-state index contributed by atoms with van der Waals surface area (Å²) in [6, 6.07) is 5.58. The summed E-state index contributed by atoms with van der Waals surface area (Å²) in [5.74, 6) is -0.629. The van der Waals surface area contributed by atoms with E-state index in [0.29, 0.717) is 18.7 Å². The molecular weight excluding hydrogens is 344 g/mol. The van der Waals surface area contributed by atoms with Crippen molar-refractivity contribution in [3.05, 3.63) is 35.0 Å². The predicted octanol–water partition coefficient (Wildman–Crippen LogP) is 2.84. The van der Waals surface area contributed by atoms with Crippen LogP contribution in [0, 0.1) is 0 Å². The van der Waals surface area contributed by atoms with Crippen LogP contribution in [-0.4, -0.2) is 53.7 Å². The van der Waals surface area contributed by atoms with Gasteiger partial charge in [-0.2, -0.15) is 0 Å². The van der Waals surface area contributed by atoms with Gasteiger partial charge in [0.05, 0.1) is 17.8 Å². The van der Waals surface area contributed by atoms with Crippen molar-refractivity contribution in [3.8, 4) is 0 Å². The fourth-order valence-corrected chi connectivity index (χ4v) is 4.22. The van der Waals surface area contributed by atoms with E-state index in [1.54, 1.807) is 11.0 Å². The van der Waals surface area contributed by atoms with Crippen molar-refractivity contribution in [3.63, 3.8) is 0 Å². The van der Waals surface area contributed by atoms with Gasteiger partial charge in [-0.25, -0.2) is 4.79 Å². The number of carbonyl (C=O) groups excluding carboxylic acids is 2. The minimum absolute atomic E-state index is 0.00410. The molecular formula is C21H26N2O4. The monoisotopic (exact) mass is 370 g/mol. The third kappa shape index (κ3) is 3.72. The Labute approximate surface area is 158 Å². The van der Waals surface area contributed by atoms with Crippen molar-refractivity contribution in [1.29, 1.82) is 0 Å². The Bertz CT molecular complexity index is 862. The Morgan fingerprint density at radius 2 is 1.93 bits per heavy atom. The molecule has 0 bridgehead atoms. The van der Waals surface area contributed by atoms with Gasteiger partial charge in [0.25, 0.3) is 5.91 Å². The number of hydrogen-bond donors (Lipinski definition) is 1. The van der Waals surface area contributed by atoms with E-state index < -0.39 is 5.97 Å². The molecule has 1 aliphatic carbocycles. The van der Waals surface area contributed by atoms with E-state index in [-0.39, 0.29) is 24.7 Å². The molecule has 2 aromatic rings. The Hall–Kier alpha value is -2.34. The molecule has 2 atom stereocenters. The number of aromatic amines is 1. The fraction of sp³-hybridized carbons (Fsp3) is 0.524. The highest BCUT2D eigenvalue weighted by atomic mass is 16.5. The van der Waals surface area contributed by atoms with Gasteiger partial charge in [-0.15, -0.1) is 0 Å². The second-order valence-electron chi connectivity index (χ2n) is 7.68. The van der Waals surface area contributed by atoms with E-state index in [9.17, 15) is 9.59 Å². The van der Waals surface area contributed by atoms with Gasteiger partial charge in [0.15, 0.2) is 6.61 Å². The zero-order valence-corrected chi connectivity index (χ0v) is 15.9. The van der Waals surface area contributed by atoms with E-state index in [2.05, 4.69) is 4.98 Å². The van der Waals surface area contributed by atoms with Gasteiger partial charge >= 0.3 is 5.97 Å². The molecule has 4 rings (SSSR count). The van der Waals surface area contributed by atoms with Gasteiger partial charge in [-0.3, -0.25) is 4.79 Å². The lowest BCUT2D eigenvalue weighted by atomic mass is 9.95. The lowest BCUT2D eigenvalue weighted by molar-refractivity contribution is -0.146. The molecule has 1 fully saturated rings. The fourth-order valence-electron chi connectivity index (χ4n) is 4.22. The Morgan fingerprint density at radius 1 is 1.19 bits per heavy atom. The maximum Gasteiger partial charge on any atom is 0.338 e. The number of esters is 1. The molecule has 1 aromatic carbocycles. The number of amides is 1. The quantitative estimate of drug-likeness (QED) is 0.844. The first kappa shape index (κ1) is 18.0. The molecule has 6 heteroatoms. The average molecular weight is 370 g/mol. The van der Waals surface area contributed by atoms with Crippen molar-refractivity contribution in [2.24, 2.45) is 0 Å². The molecule has 144 valence electrons. The molecule has 2 aliphatic rings. The molecule has 0 unspecified atom stereocenters. The molecule has 2 heterocycles. The molecule has 27 heavy (non-hydrogen) atoms. The number of nitrogens with one attached hydrogen (secondary N) is 1. The molecule has 0 radical (unpaired) electrons. The number of rotatable bonds is 3. The van der Waals surface area contributed by atoms with Crippen molar-refractivity contribution in [2.45, 2.75) is 51.7 Å². The zero-order valence-electron chi connectivity index (χ0n) is 15.9.